The second-order valence-corrected chi connectivity index (χ2v) is 4.88. The van der Waals surface area contributed by atoms with Crippen LogP contribution in [0.4, 0.5) is 0 Å². The van der Waals surface area contributed by atoms with E-state index in [-0.39, 0.29) is 11.8 Å². The molecule has 1 N–H and O–H groups in total. The van der Waals surface area contributed by atoms with Gasteiger partial charge in [-0.1, -0.05) is 6.08 Å². The van der Waals surface area contributed by atoms with Gasteiger partial charge < -0.3 is 15.1 Å². The standard InChI is InChI=1S/C12H21N3OS/c1-4-7-13-12(17)15-8-5-6-10(9-15)11(16)14(2)3/h4,10H,1,5-9H2,2-3H3,(H,13,17). The molecule has 0 spiro atoms. The summed E-state index contributed by atoms with van der Waals surface area (Å²) in [6.45, 7) is 5.96. The summed E-state index contributed by atoms with van der Waals surface area (Å²) < 4.78 is 0. The van der Waals surface area contributed by atoms with Gasteiger partial charge in [0.05, 0.1) is 5.92 Å². The minimum absolute atomic E-state index is 0.0715. The Morgan fingerprint density at radius 1 is 1.65 bits per heavy atom. The molecule has 17 heavy (non-hydrogen) atoms. The highest BCUT2D eigenvalue weighted by Crippen LogP contribution is 2.18. The molecule has 0 radical (unpaired) electrons. The number of nitrogens with one attached hydrogen (secondary N) is 1. The molecule has 96 valence electrons. The number of hydrogen-bond acceptors (Lipinski definition) is 2. The van der Waals surface area contributed by atoms with E-state index in [0.29, 0.717) is 6.54 Å². The van der Waals surface area contributed by atoms with E-state index in [9.17, 15) is 4.79 Å². The lowest BCUT2D eigenvalue weighted by atomic mass is 9.97. The van der Waals surface area contributed by atoms with E-state index in [0.717, 1.165) is 31.0 Å². The van der Waals surface area contributed by atoms with Crippen LogP contribution in [0.25, 0.3) is 0 Å². The number of hydrogen-bond donors (Lipinski definition) is 1. The average Bonchev–Trinajstić information content (AvgIpc) is 2.35. The fourth-order valence-corrected chi connectivity index (χ4v) is 2.25. The molecule has 1 rings (SSSR count). The Bertz CT molecular complexity index is 304. The van der Waals surface area contributed by atoms with Gasteiger partial charge in [-0.2, -0.15) is 0 Å². The van der Waals surface area contributed by atoms with Crippen LogP contribution in [-0.4, -0.2) is 54.5 Å². The lowest BCUT2D eigenvalue weighted by Crippen LogP contribution is -2.48. The summed E-state index contributed by atoms with van der Waals surface area (Å²) in [6.07, 6.45) is 3.75. The molecule has 4 nitrogen and oxygen atoms in total. The van der Waals surface area contributed by atoms with Gasteiger partial charge in [0, 0.05) is 33.7 Å². The first-order chi connectivity index (χ1) is 8.06. The van der Waals surface area contributed by atoms with E-state index < -0.39 is 0 Å². The summed E-state index contributed by atoms with van der Waals surface area (Å²) in [5.41, 5.74) is 0. The topological polar surface area (TPSA) is 35.6 Å². The molecular formula is C12H21N3OS. The van der Waals surface area contributed by atoms with Gasteiger partial charge in [-0.15, -0.1) is 6.58 Å². The molecule has 0 saturated carbocycles. The number of amides is 1. The predicted molar refractivity (Wildman–Crippen MR) is 73.8 cm³/mol. The van der Waals surface area contributed by atoms with Crippen molar-refractivity contribution in [3.63, 3.8) is 0 Å². The summed E-state index contributed by atoms with van der Waals surface area (Å²) in [6, 6.07) is 0. The number of carbonyl (C=O) groups is 1. The van der Waals surface area contributed by atoms with Gasteiger partial charge in [0.15, 0.2) is 5.11 Å². The molecule has 0 aromatic heterocycles. The van der Waals surface area contributed by atoms with E-state index >= 15 is 0 Å². The number of rotatable bonds is 3. The van der Waals surface area contributed by atoms with Crippen molar-refractivity contribution in [3.05, 3.63) is 12.7 Å². The first-order valence-corrected chi connectivity index (χ1v) is 6.32. The van der Waals surface area contributed by atoms with E-state index in [1.807, 2.05) is 0 Å². The van der Waals surface area contributed by atoms with E-state index in [1.165, 1.54) is 0 Å². The van der Waals surface area contributed by atoms with Crippen molar-refractivity contribution in [1.82, 2.24) is 15.1 Å². The van der Waals surface area contributed by atoms with Crippen molar-refractivity contribution < 1.29 is 4.79 Å². The zero-order chi connectivity index (χ0) is 12.8. The van der Waals surface area contributed by atoms with Crippen LogP contribution in [0.2, 0.25) is 0 Å². The largest absolute Gasteiger partial charge is 0.359 e. The molecule has 1 amide bonds. The maximum atomic E-state index is 11.9. The number of nitrogens with zero attached hydrogens (tertiary/aromatic N) is 2. The summed E-state index contributed by atoms with van der Waals surface area (Å²) >= 11 is 5.29. The smallest absolute Gasteiger partial charge is 0.226 e. The second kappa shape index (κ2) is 6.59. The van der Waals surface area contributed by atoms with Crippen LogP contribution >= 0.6 is 12.2 Å². The van der Waals surface area contributed by atoms with Gasteiger partial charge in [-0.3, -0.25) is 4.79 Å². The third-order valence-corrected chi connectivity index (χ3v) is 3.30. The Morgan fingerprint density at radius 2 is 2.35 bits per heavy atom. The molecule has 1 saturated heterocycles. The number of likely N-dealkylation sites (tertiary alicyclic amines) is 1. The highest BCUT2D eigenvalue weighted by molar-refractivity contribution is 7.80. The maximum Gasteiger partial charge on any atom is 0.226 e. The Kier molecular flexibility index (Phi) is 5.41. The van der Waals surface area contributed by atoms with Crippen LogP contribution in [-0.2, 0) is 4.79 Å². The van der Waals surface area contributed by atoms with Crippen LogP contribution in [0.3, 0.4) is 0 Å². The van der Waals surface area contributed by atoms with Gasteiger partial charge in [-0.05, 0) is 25.1 Å². The molecule has 0 bridgehead atoms. The van der Waals surface area contributed by atoms with Gasteiger partial charge in [0.2, 0.25) is 5.91 Å². The first-order valence-electron chi connectivity index (χ1n) is 5.91. The highest BCUT2D eigenvalue weighted by atomic mass is 32.1. The summed E-state index contributed by atoms with van der Waals surface area (Å²) in [4.78, 5) is 15.6. The van der Waals surface area contributed by atoms with Gasteiger partial charge in [-0.25, -0.2) is 0 Å². The van der Waals surface area contributed by atoms with Crippen molar-refractivity contribution in [1.29, 1.82) is 0 Å². The van der Waals surface area contributed by atoms with Crippen molar-refractivity contribution >= 4 is 23.2 Å². The molecule has 0 aromatic rings. The molecule has 1 aliphatic rings. The van der Waals surface area contributed by atoms with Gasteiger partial charge in [0.1, 0.15) is 0 Å². The molecule has 1 atom stereocenters. The lowest BCUT2D eigenvalue weighted by molar-refractivity contribution is -0.134. The van der Waals surface area contributed by atoms with Crippen molar-refractivity contribution in [2.75, 3.05) is 33.7 Å². The van der Waals surface area contributed by atoms with E-state index in [2.05, 4.69) is 16.8 Å². The average molecular weight is 255 g/mol. The maximum absolute atomic E-state index is 11.9. The van der Waals surface area contributed by atoms with E-state index in [1.54, 1.807) is 25.1 Å². The van der Waals surface area contributed by atoms with Crippen LogP contribution < -0.4 is 5.32 Å². The zero-order valence-electron chi connectivity index (χ0n) is 10.6. The number of thiocarbonyl (C=S) groups is 1. The van der Waals surface area contributed by atoms with Gasteiger partial charge >= 0.3 is 0 Å². The normalized spacial score (nSPS) is 19.6. The van der Waals surface area contributed by atoms with Crippen LogP contribution in [0.1, 0.15) is 12.8 Å². The first kappa shape index (κ1) is 14.0. The zero-order valence-corrected chi connectivity index (χ0v) is 11.4. The van der Waals surface area contributed by atoms with Crippen LogP contribution in [0.15, 0.2) is 12.7 Å². The SMILES string of the molecule is C=CCNC(=S)N1CCCC(C(=O)N(C)C)C1. The molecule has 1 aliphatic heterocycles. The summed E-state index contributed by atoms with van der Waals surface area (Å²) in [7, 11) is 3.60. The Hall–Kier alpha value is -1.10. The molecule has 1 unspecified atom stereocenters. The minimum atomic E-state index is 0.0715. The molecule has 5 heteroatoms. The molecule has 1 heterocycles. The second-order valence-electron chi connectivity index (χ2n) is 4.49. The third kappa shape index (κ3) is 4.00. The van der Waals surface area contributed by atoms with Crippen molar-refractivity contribution in [3.8, 4) is 0 Å². The fourth-order valence-electron chi connectivity index (χ4n) is 2.00. The fraction of sp³-hybridized carbons (Fsp3) is 0.667. The van der Waals surface area contributed by atoms with Crippen molar-refractivity contribution in [2.24, 2.45) is 5.92 Å². The highest BCUT2D eigenvalue weighted by Gasteiger charge is 2.27. The molecular weight excluding hydrogens is 234 g/mol. The van der Waals surface area contributed by atoms with Crippen LogP contribution in [0, 0.1) is 5.92 Å². The Labute approximate surface area is 109 Å². The Balaban J connectivity index is 2.51. The monoisotopic (exact) mass is 255 g/mol. The van der Waals surface area contributed by atoms with Crippen LogP contribution in [0.5, 0.6) is 0 Å². The number of piperidine rings is 1. The molecule has 1 fully saturated rings. The predicted octanol–water partition coefficient (Wildman–Crippen LogP) is 0.847. The summed E-state index contributed by atoms with van der Waals surface area (Å²) in [5, 5.41) is 3.83. The van der Waals surface area contributed by atoms with E-state index in [4.69, 9.17) is 12.2 Å². The molecule has 0 aromatic carbocycles. The lowest BCUT2D eigenvalue weighted by Gasteiger charge is -2.34. The minimum Gasteiger partial charge on any atom is -0.359 e. The number of carbonyl (C=O) groups excluding carboxylic acids is 1. The third-order valence-electron chi connectivity index (χ3n) is 2.90. The van der Waals surface area contributed by atoms with Crippen molar-refractivity contribution in [2.45, 2.75) is 12.8 Å². The quantitative estimate of drug-likeness (QED) is 0.599. The van der Waals surface area contributed by atoms with Gasteiger partial charge in [0.25, 0.3) is 0 Å². The Morgan fingerprint density at radius 3 is 2.94 bits per heavy atom. The summed E-state index contributed by atoms with van der Waals surface area (Å²) in [5.74, 6) is 0.267. The molecule has 0 aliphatic carbocycles.